The lowest BCUT2D eigenvalue weighted by Gasteiger charge is -2.09. The van der Waals surface area contributed by atoms with Crippen molar-refractivity contribution in [2.24, 2.45) is 0 Å². The van der Waals surface area contributed by atoms with Crippen molar-refractivity contribution in [3.63, 3.8) is 0 Å². The Kier molecular flexibility index (Phi) is 5.63. The molecule has 0 unspecified atom stereocenters. The van der Waals surface area contributed by atoms with Crippen molar-refractivity contribution in [1.29, 1.82) is 0 Å². The van der Waals surface area contributed by atoms with E-state index in [-0.39, 0.29) is 18.2 Å². The Balaban J connectivity index is 1.67. The number of fused-ring (bicyclic) bond motifs is 1. The van der Waals surface area contributed by atoms with Gasteiger partial charge in [0.15, 0.2) is 0 Å². The van der Waals surface area contributed by atoms with E-state index in [0.29, 0.717) is 11.3 Å². The number of carbonyl (C=O) groups is 1. The predicted molar refractivity (Wildman–Crippen MR) is 103 cm³/mol. The summed E-state index contributed by atoms with van der Waals surface area (Å²) in [6, 6.07) is 13.1. The van der Waals surface area contributed by atoms with Crippen molar-refractivity contribution in [2.75, 3.05) is 18.6 Å². The molecule has 6 nitrogen and oxygen atoms in total. The number of hydrogen-bond acceptors (Lipinski definition) is 5. The maximum absolute atomic E-state index is 12.4. The minimum atomic E-state index is -3.10. The Morgan fingerprint density at radius 2 is 1.96 bits per heavy atom. The van der Waals surface area contributed by atoms with E-state index in [1.165, 1.54) is 11.8 Å². The summed E-state index contributed by atoms with van der Waals surface area (Å²) in [5.74, 6) is 0.289. The third-order valence-corrected chi connectivity index (χ3v) is 5.73. The first kappa shape index (κ1) is 18.5. The molecule has 26 heavy (non-hydrogen) atoms. The van der Waals surface area contributed by atoms with E-state index in [4.69, 9.17) is 0 Å². The second kappa shape index (κ2) is 7.92. The molecule has 0 fully saturated rings. The van der Waals surface area contributed by atoms with Gasteiger partial charge in [-0.05, 0) is 24.3 Å². The maximum Gasteiger partial charge on any atom is 0.252 e. The highest BCUT2D eigenvalue weighted by Crippen LogP contribution is 2.26. The summed E-state index contributed by atoms with van der Waals surface area (Å²) >= 11 is 1.53. The topological polar surface area (TPSA) is 80.5 Å². The molecule has 0 atom stereocenters. The van der Waals surface area contributed by atoms with Crippen molar-refractivity contribution in [2.45, 2.75) is 10.6 Å². The third-order valence-electron chi connectivity index (χ3n) is 3.68. The Morgan fingerprint density at radius 1 is 1.19 bits per heavy atom. The van der Waals surface area contributed by atoms with Gasteiger partial charge in [0.1, 0.15) is 15.5 Å². The molecule has 3 rings (SSSR count). The number of hydrogen-bond donors (Lipinski definition) is 1. The van der Waals surface area contributed by atoms with Crippen LogP contribution in [0.4, 0.5) is 0 Å². The molecule has 1 amide bonds. The Morgan fingerprint density at radius 3 is 2.73 bits per heavy atom. The average molecular weight is 390 g/mol. The highest BCUT2D eigenvalue weighted by atomic mass is 32.2. The molecule has 2 heterocycles. The fraction of sp³-hybridized carbons (Fsp3) is 0.222. The molecule has 0 saturated carbocycles. The molecular weight excluding hydrogens is 370 g/mol. The number of imidazole rings is 1. The fourth-order valence-corrected chi connectivity index (χ4v) is 3.84. The second-order valence-corrected chi connectivity index (χ2v) is 9.15. The molecule has 0 radical (unpaired) electrons. The third kappa shape index (κ3) is 4.86. The summed E-state index contributed by atoms with van der Waals surface area (Å²) < 4.78 is 24.3. The molecule has 136 valence electrons. The van der Waals surface area contributed by atoms with Crippen LogP contribution >= 0.6 is 11.8 Å². The molecular formula is C18H19N3O3S2. The number of carbonyl (C=O) groups excluding carboxylic acids is 1. The Hall–Kier alpha value is -2.32. The van der Waals surface area contributed by atoms with Gasteiger partial charge in [0.25, 0.3) is 5.91 Å². The van der Waals surface area contributed by atoms with Gasteiger partial charge in [0.05, 0.1) is 17.0 Å². The zero-order valence-electron chi connectivity index (χ0n) is 14.3. The van der Waals surface area contributed by atoms with Crippen molar-refractivity contribution >= 4 is 33.2 Å². The van der Waals surface area contributed by atoms with Crippen molar-refractivity contribution in [3.05, 3.63) is 66.1 Å². The molecule has 0 spiro atoms. The number of thioether (sulfide) groups is 1. The van der Waals surface area contributed by atoms with E-state index in [9.17, 15) is 13.2 Å². The molecule has 2 aromatic heterocycles. The maximum atomic E-state index is 12.4. The molecule has 1 N–H and O–H groups in total. The van der Waals surface area contributed by atoms with Crippen LogP contribution in [0.25, 0.3) is 5.65 Å². The molecule has 1 aromatic carbocycles. The van der Waals surface area contributed by atoms with Crippen LogP contribution in [-0.2, 0) is 15.6 Å². The summed E-state index contributed by atoms with van der Waals surface area (Å²) in [7, 11) is -3.10. The molecule has 0 bridgehead atoms. The zero-order chi connectivity index (χ0) is 18.6. The molecule has 0 saturated heterocycles. The zero-order valence-corrected chi connectivity index (χ0v) is 15.9. The van der Waals surface area contributed by atoms with Crippen LogP contribution in [0.1, 0.15) is 16.1 Å². The van der Waals surface area contributed by atoms with Crippen LogP contribution in [0.2, 0.25) is 0 Å². The van der Waals surface area contributed by atoms with Gasteiger partial charge in [-0.2, -0.15) is 0 Å². The molecule has 0 aliphatic rings. The normalized spacial score (nSPS) is 11.6. The van der Waals surface area contributed by atoms with Gasteiger partial charge in [0, 0.05) is 35.8 Å². The van der Waals surface area contributed by atoms with Gasteiger partial charge in [-0.3, -0.25) is 4.79 Å². The number of aromatic nitrogens is 2. The first-order valence-electron chi connectivity index (χ1n) is 8.03. The van der Waals surface area contributed by atoms with Gasteiger partial charge in [0.2, 0.25) is 0 Å². The highest BCUT2D eigenvalue weighted by molar-refractivity contribution is 7.98. The van der Waals surface area contributed by atoms with E-state index < -0.39 is 9.84 Å². The summed E-state index contributed by atoms with van der Waals surface area (Å²) in [6.07, 6.45) is 5.06. The lowest BCUT2D eigenvalue weighted by atomic mass is 10.2. The minimum Gasteiger partial charge on any atom is -0.351 e. The van der Waals surface area contributed by atoms with Gasteiger partial charge >= 0.3 is 0 Å². The van der Waals surface area contributed by atoms with Gasteiger partial charge in [-0.15, -0.1) is 11.8 Å². The molecule has 3 aromatic rings. The number of amides is 1. The second-order valence-electron chi connectivity index (χ2n) is 5.87. The Labute approximate surface area is 156 Å². The van der Waals surface area contributed by atoms with Crippen LogP contribution < -0.4 is 5.32 Å². The van der Waals surface area contributed by atoms with E-state index in [1.54, 1.807) is 12.1 Å². The Bertz CT molecular complexity index is 996. The van der Waals surface area contributed by atoms with E-state index in [0.717, 1.165) is 22.5 Å². The SMILES string of the molecule is CS(=O)(=O)CCNC(=O)c1ccccc1SCc1cn2ccccc2n1. The monoisotopic (exact) mass is 389 g/mol. The van der Waals surface area contributed by atoms with Gasteiger partial charge in [-0.25, -0.2) is 13.4 Å². The minimum absolute atomic E-state index is 0.0741. The smallest absolute Gasteiger partial charge is 0.252 e. The standard InChI is InChI=1S/C18H19N3O3S2/c1-26(23,24)11-9-19-18(22)15-6-2-3-7-16(15)25-13-14-12-21-10-5-4-8-17(21)20-14/h2-8,10,12H,9,11,13H2,1H3,(H,19,22). The van der Waals surface area contributed by atoms with E-state index >= 15 is 0 Å². The van der Waals surface area contributed by atoms with Gasteiger partial charge in [-0.1, -0.05) is 18.2 Å². The van der Waals surface area contributed by atoms with Crippen LogP contribution in [0, 0.1) is 0 Å². The summed E-state index contributed by atoms with van der Waals surface area (Å²) in [6.45, 7) is 0.100. The van der Waals surface area contributed by atoms with Crippen LogP contribution in [0.5, 0.6) is 0 Å². The van der Waals surface area contributed by atoms with Crippen LogP contribution in [0.15, 0.2) is 59.8 Å². The first-order valence-corrected chi connectivity index (χ1v) is 11.1. The van der Waals surface area contributed by atoms with Crippen molar-refractivity contribution < 1.29 is 13.2 Å². The number of pyridine rings is 1. The summed E-state index contributed by atoms with van der Waals surface area (Å²) in [5, 5.41) is 2.66. The number of benzene rings is 1. The van der Waals surface area contributed by atoms with E-state index in [1.807, 2.05) is 47.1 Å². The number of nitrogens with zero attached hydrogens (tertiary/aromatic N) is 2. The summed E-state index contributed by atoms with van der Waals surface area (Å²) in [4.78, 5) is 17.8. The van der Waals surface area contributed by atoms with Crippen molar-refractivity contribution in [3.8, 4) is 0 Å². The molecule has 0 aliphatic carbocycles. The average Bonchev–Trinajstić information content (AvgIpc) is 3.02. The van der Waals surface area contributed by atoms with Gasteiger partial charge < -0.3 is 9.72 Å². The van der Waals surface area contributed by atoms with Crippen LogP contribution in [0.3, 0.4) is 0 Å². The van der Waals surface area contributed by atoms with E-state index in [2.05, 4.69) is 10.3 Å². The van der Waals surface area contributed by atoms with Crippen molar-refractivity contribution in [1.82, 2.24) is 14.7 Å². The number of rotatable bonds is 7. The largest absolute Gasteiger partial charge is 0.351 e. The highest BCUT2D eigenvalue weighted by Gasteiger charge is 2.13. The fourth-order valence-electron chi connectivity index (χ4n) is 2.43. The molecule has 0 aliphatic heterocycles. The summed E-state index contributed by atoms with van der Waals surface area (Å²) in [5.41, 5.74) is 2.35. The quantitative estimate of drug-likeness (QED) is 0.628. The lowest BCUT2D eigenvalue weighted by molar-refractivity contribution is 0.0953. The molecule has 8 heteroatoms. The number of nitrogens with one attached hydrogen (secondary N) is 1. The number of sulfone groups is 1. The first-order chi connectivity index (χ1) is 12.4. The van der Waals surface area contributed by atoms with Crippen LogP contribution in [-0.4, -0.2) is 42.3 Å². The predicted octanol–water partition coefficient (Wildman–Crippen LogP) is 2.40. The lowest BCUT2D eigenvalue weighted by Crippen LogP contribution is -2.29.